The van der Waals surface area contributed by atoms with Crippen LogP contribution in [-0.2, 0) is 20.1 Å². The molecule has 0 saturated carbocycles. The van der Waals surface area contributed by atoms with Gasteiger partial charge in [0.2, 0.25) is 0 Å². The first-order chi connectivity index (χ1) is 12.0. The average Bonchev–Trinajstić information content (AvgIpc) is 2.52. The molecule has 4 nitrogen and oxygen atoms in total. The van der Waals surface area contributed by atoms with Crippen LogP contribution in [0.2, 0.25) is 38.3 Å². The lowest BCUT2D eigenvalue weighted by molar-refractivity contribution is -0.138. The summed E-state index contributed by atoms with van der Waals surface area (Å²) in [6.07, 6.45) is 2.74. The monoisotopic (exact) mass is 394 g/mol. The zero-order valence-electron chi connectivity index (χ0n) is 16.9. The van der Waals surface area contributed by atoms with Gasteiger partial charge in [-0.15, -0.1) is 0 Å². The maximum atomic E-state index is 11.4. The fourth-order valence-electron chi connectivity index (χ4n) is 3.06. The first-order valence-corrected chi connectivity index (χ1v) is 15.6. The van der Waals surface area contributed by atoms with Gasteiger partial charge in [-0.3, -0.25) is 0 Å². The van der Waals surface area contributed by atoms with Crippen LogP contribution in [0.4, 0.5) is 0 Å². The van der Waals surface area contributed by atoms with Gasteiger partial charge in [-0.1, -0.05) is 24.8 Å². The van der Waals surface area contributed by atoms with Crippen molar-refractivity contribution in [3.63, 3.8) is 0 Å². The number of phenols is 1. The Balaban J connectivity index is 2.37. The largest absolute Gasteiger partial charge is 0.508 e. The molecule has 0 radical (unpaired) electrons. The SMILES string of the molecule is C=C(C)C(=O)OCCC[Si](C)(C)O[Si](C)(C)CCCc1ccccc1O. The molecule has 0 fully saturated rings. The lowest BCUT2D eigenvalue weighted by atomic mass is 10.1. The zero-order chi connectivity index (χ0) is 19.8. The number of rotatable bonds is 11. The number of carbonyl (C=O) groups excluding carboxylic acids is 1. The summed E-state index contributed by atoms with van der Waals surface area (Å²) in [5.41, 5.74) is 1.45. The van der Waals surface area contributed by atoms with E-state index in [2.05, 4.69) is 32.8 Å². The molecule has 1 rings (SSSR count). The molecule has 0 aliphatic rings. The Labute approximate surface area is 160 Å². The summed E-state index contributed by atoms with van der Waals surface area (Å²) in [6.45, 7) is 14.7. The molecule has 0 aromatic heterocycles. The van der Waals surface area contributed by atoms with E-state index < -0.39 is 16.6 Å². The minimum Gasteiger partial charge on any atom is -0.508 e. The van der Waals surface area contributed by atoms with Gasteiger partial charge in [0.1, 0.15) is 5.75 Å². The second-order valence-corrected chi connectivity index (χ2v) is 17.0. The smallest absolute Gasteiger partial charge is 0.333 e. The van der Waals surface area contributed by atoms with Gasteiger partial charge in [0.15, 0.2) is 16.6 Å². The molecule has 146 valence electrons. The molecule has 26 heavy (non-hydrogen) atoms. The standard InChI is InChI=1S/C20H34O4Si2/c1-17(2)20(22)23-14-10-16-26(5,6)24-25(3,4)15-9-12-18-11-7-8-13-19(18)21/h7-8,11,13,21H,1,9-10,12,14-16H2,2-6H3. The zero-order valence-corrected chi connectivity index (χ0v) is 18.9. The summed E-state index contributed by atoms with van der Waals surface area (Å²) in [7, 11) is -3.53. The van der Waals surface area contributed by atoms with E-state index in [9.17, 15) is 9.90 Å². The van der Waals surface area contributed by atoms with Crippen LogP contribution in [0, 0.1) is 0 Å². The Morgan fingerprint density at radius 3 is 2.23 bits per heavy atom. The molecule has 1 aromatic rings. The normalized spacial score (nSPS) is 12.0. The quantitative estimate of drug-likeness (QED) is 0.241. The lowest BCUT2D eigenvalue weighted by Gasteiger charge is -2.34. The summed E-state index contributed by atoms with van der Waals surface area (Å²) < 4.78 is 11.8. The van der Waals surface area contributed by atoms with Crippen molar-refractivity contribution >= 4 is 22.6 Å². The van der Waals surface area contributed by atoms with Crippen LogP contribution in [0.15, 0.2) is 36.4 Å². The van der Waals surface area contributed by atoms with Gasteiger partial charge < -0.3 is 14.0 Å². The van der Waals surface area contributed by atoms with Crippen molar-refractivity contribution in [3.05, 3.63) is 42.0 Å². The maximum Gasteiger partial charge on any atom is 0.333 e. The van der Waals surface area contributed by atoms with Gasteiger partial charge in [-0.05, 0) is 76.1 Å². The van der Waals surface area contributed by atoms with Crippen molar-refractivity contribution in [3.8, 4) is 5.75 Å². The van der Waals surface area contributed by atoms with Crippen LogP contribution >= 0.6 is 0 Å². The van der Waals surface area contributed by atoms with Crippen LogP contribution in [0.5, 0.6) is 5.75 Å². The van der Waals surface area contributed by atoms with E-state index >= 15 is 0 Å². The third-order valence-corrected chi connectivity index (χ3v) is 11.8. The van der Waals surface area contributed by atoms with E-state index in [-0.39, 0.29) is 5.97 Å². The summed E-state index contributed by atoms with van der Waals surface area (Å²) in [4.78, 5) is 11.4. The summed E-state index contributed by atoms with van der Waals surface area (Å²) in [5, 5.41) is 9.87. The molecular formula is C20H34O4Si2. The minimum atomic E-state index is -1.78. The van der Waals surface area contributed by atoms with Crippen molar-refractivity contribution in [2.75, 3.05) is 6.61 Å². The third kappa shape index (κ3) is 8.82. The molecule has 0 heterocycles. The molecule has 1 N–H and O–H groups in total. The molecule has 0 saturated heterocycles. The van der Waals surface area contributed by atoms with Gasteiger partial charge in [-0.2, -0.15) is 0 Å². The van der Waals surface area contributed by atoms with Gasteiger partial charge >= 0.3 is 5.97 Å². The number of para-hydroxylation sites is 1. The van der Waals surface area contributed by atoms with E-state index in [0.717, 1.165) is 36.9 Å². The minimum absolute atomic E-state index is 0.315. The number of phenolic OH excluding ortho intramolecular Hbond substituents is 1. The maximum absolute atomic E-state index is 11.4. The number of benzene rings is 1. The Morgan fingerprint density at radius 2 is 1.65 bits per heavy atom. The van der Waals surface area contributed by atoms with Crippen LogP contribution in [0.3, 0.4) is 0 Å². The predicted octanol–water partition coefficient (Wildman–Crippen LogP) is 5.26. The van der Waals surface area contributed by atoms with Gasteiger partial charge in [0, 0.05) is 5.57 Å². The van der Waals surface area contributed by atoms with Crippen LogP contribution in [0.1, 0.15) is 25.3 Å². The third-order valence-electron chi connectivity index (χ3n) is 4.27. The van der Waals surface area contributed by atoms with Crippen molar-refractivity contribution in [1.29, 1.82) is 0 Å². The van der Waals surface area contributed by atoms with E-state index in [1.54, 1.807) is 13.0 Å². The Morgan fingerprint density at radius 1 is 1.08 bits per heavy atom. The van der Waals surface area contributed by atoms with E-state index in [4.69, 9.17) is 8.85 Å². The number of aromatic hydroxyl groups is 1. The average molecular weight is 395 g/mol. The fraction of sp³-hybridized carbons (Fsp3) is 0.550. The number of aryl methyl sites for hydroxylation is 1. The topological polar surface area (TPSA) is 55.8 Å². The molecule has 0 atom stereocenters. The van der Waals surface area contributed by atoms with E-state index in [1.165, 1.54) is 0 Å². The van der Waals surface area contributed by atoms with Gasteiger partial charge in [0.05, 0.1) is 6.61 Å². The highest BCUT2D eigenvalue weighted by atomic mass is 28.4. The Hall–Kier alpha value is -1.38. The second kappa shape index (κ2) is 10.1. The number of carbonyl (C=O) groups is 1. The summed E-state index contributed by atoms with van der Waals surface area (Å²) >= 11 is 0. The van der Waals surface area contributed by atoms with Crippen LogP contribution < -0.4 is 0 Å². The lowest BCUT2D eigenvalue weighted by Crippen LogP contribution is -2.44. The van der Waals surface area contributed by atoms with Crippen molar-refractivity contribution < 1.29 is 18.8 Å². The van der Waals surface area contributed by atoms with E-state index in [0.29, 0.717) is 17.9 Å². The van der Waals surface area contributed by atoms with Gasteiger partial charge in [0.25, 0.3) is 0 Å². The predicted molar refractivity (Wildman–Crippen MR) is 112 cm³/mol. The number of hydrogen-bond donors (Lipinski definition) is 1. The Kier molecular flexibility index (Phi) is 8.79. The summed E-state index contributed by atoms with van der Waals surface area (Å²) in [6, 6.07) is 9.59. The highest BCUT2D eigenvalue weighted by Gasteiger charge is 2.32. The van der Waals surface area contributed by atoms with Crippen molar-refractivity contribution in [2.45, 2.75) is 64.5 Å². The van der Waals surface area contributed by atoms with Crippen molar-refractivity contribution in [1.82, 2.24) is 0 Å². The Bertz CT molecular complexity index is 612. The molecule has 0 aliphatic heterocycles. The van der Waals surface area contributed by atoms with Gasteiger partial charge in [-0.25, -0.2) is 4.79 Å². The first-order valence-electron chi connectivity index (χ1n) is 9.32. The van der Waals surface area contributed by atoms with Crippen LogP contribution in [-0.4, -0.2) is 34.3 Å². The highest BCUT2D eigenvalue weighted by molar-refractivity contribution is 6.84. The van der Waals surface area contributed by atoms with Crippen molar-refractivity contribution in [2.24, 2.45) is 0 Å². The number of esters is 1. The molecule has 6 heteroatoms. The van der Waals surface area contributed by atoms with E-state index in [1.807, 2.05) is 18.2 Å². The molecular weight excluding hydrogens is 360 g/mol. The first kappa shape index (κ1) is 22.7. The highest BCUT2D eigenvalue weighted by Crippen LogP contribution is 2.26. The molecule has 0 unspecified atom stereocenters. The number of hydrogen-bond acceptors (Lipinski definition) is 4. The number of ether oxygens (including phenoxy) is 1. The second-order valence-electron chi connectivity index (χ2n) is 8.12. The fourth-order valence-corrected chi connectivity index (χ4v) is 11.9. The molecule has 0 aliphatic carbocycles. The molecule has 0 bridgehead atoms. The summed E-state index contributed by atoms with van der Waals surface area (Å²) in [5.74, 6) is 0.0659. The molecule has 1 aromatic carbocycles. The molecule has 0 spiro atoms. The molecule has 0 amide bonds. The van der Waals surface area contributed by atoms with Crippen LogP contribution in [0.25, 0.3) is 0 Å².